The van der Waals surface area contributed by atoms with E-state index in [1.54, 1.807) is 18.2 Å². The third kappa shape index (κ3) is 6.98. The molecule has 20 heavy (non-hydrogen) atoms. The number of hydrogen-bond acceptors (Lipinski definition) is 2. The maximum Gasteiger partial charge on any atom is 0.248 e. The smallest absolute Gasteiger partial charge is 0.248 e. The summed E-state index contributed by atoms with van der Waals surface area (Å²) in [7, 11) is 0. The van der Waals surface area contributed by atoms with Gasteiger partial charge < -0.3 is 10.5 Å². The molecule has 0 aliphatic carbocycles. The highest BCUT2D eigenvalue weighted by atomic mass is 16.5. The van der Waals surface area contributed by atoms with Crippen LogP contribution in [0.4, 0.5) is 0 Å². The van der Waals surface area contributed by atoms with Crippen molar-refractivity contribution in [3.63, 3.8) is 0 Å². The molecule has 1 aromatic rings. The fourth-order valence-electron chi connectivity index (χ4n) is 1.85. The number of rotatable bonds is 10. The van der Waals surface area contributed by atoms with E-state index in [0.29, 0.717) is 17.9 Å². The average molecular weight is 275 g/mol. The van der Waals surface area contributed by atoms with Crippen LogP contribution < -0.4 is 10.5 Å². The minimum Gasteiger partial charge on any atom is -0.494 e. The third-order valence-electron chi connectivity index (χ3n) is 3.04. The van der Waals surface area contributed by atoms with Crippen LogP contribution >= 0.6 is 0 Å². The van der Waals surface area contributed by atoms with Crippen LogP contribution in [0.15, 0.2) is 36.4 Å². The van der Waals surface area contributed by atoms with Gasteiger partial charge in [-0.1, -0.05) is 38.0 Å². The fraction of sp³-hybridized carbons (Fsp3) is 0.471. The first-order valence-corrected chi connectivity index (χ1v) is 7.41. The van der Waals surface area contributed by atoms with E-state index < -0.39 is 5.91 Å². The number of nitrogens with two attached hydrogens (primary N) is 1. The van der Waals surface area contributed by atoms with Crippen molar-refractivity contribution in [2.75, 3.05) is 6.61 Å². The lowest BCUT2D eigenvalue weighted by Crippen LogP contribution is -2.10. The summed E-state index contributed by atoms with van der Waals surface area (Å²) < 4.78 is 5.61. The number of amides is 1. The van der Waals surface area contributed by atoms with E-state index in [9.17, 15) is 4.79 Å². The van der Waals surface area contributed by atoms with Crippen LogP contribution in [0.2, 0.25) is 0 Å². The molecule has 0 aliphatic rings. The van der Waals surface area contributed by atoms with Gasteiger partial charge in [0.1, 0.15) is 5.75 Å². The SMILES string of the molecule is CCCC/C=C/CCCCOc1cccc(C(N)=O)c1. The Balaban J connectivity index is 2.13. The Morgan fingerprint density at radius 3 is 2.65 bits per heavy atom. The van der Waals surface area contributed by atoms with Gasteiger partial charge in [0.05, 0.1) is 6.61 Å². The number of ether oxygens (including phenoxy) is 1. The van der Waals surface area contributed by atoms with Crippen molar-refractivity contribution in [2.24, 2.45) is 5.73 Å². The van der Waals surface area contributed by atoms with Crippen molar-refractivity contribution in [3.8, 4) is 5.75 Å². The quantitative estimate of drug-likeness (QED) is 0.516. The fourth-order valence-corrected chi connectivity index (χ4v) is 1.85. The van der Waals surface area contributed by atoms with Gasteiger partial charge >= 0.3 is 0 Å². The first kappa shape index (κ1) is 16.3. The molecule has 0 bridgehead atoms. The van der Waals surface area contributed by atoms with Crippen molar-refractivity contribution < 1.29 is 9.53 Å². The standard InChI is InChI=1S/C17H25NO2/c1-2-3-4-5-6-7-8-9-13-20-16-12-10-11-15(14-16)17(18)19/h5-6,10-12,14H,2-4,7-9,13H2,1H3,(H2,18,19)/b6-5+. The van der Waals surface area contributed by atoms with Crippen LogP contribution in [0.3, 0.4) is 0 Å². The summed E-state index contributed by atoms with van der Waals surface area (Å²) in [5, 5.41) is 0. The Morgan fingerprint density at radius 2 is 1.95 bits per heavy atom. The lowest BCUT2D eigenvalue weighted by atomic mass is 10.2. The van der Waals surface area contributed by atoms with Crippen molar-refractivity contribution in [1.29, 1.82) is 0 Å². The van der Waals surface area contributed by atoms with Crippen molar-refractivity contribution in [1.82, 2.24) is 0 Å². The van der Waals surface area contributed by atoms with E-state index in [2.05, 4.69) is 19.1 Å². The molecule has 0 radical (unpaired) electrons. The van der Waals surface area contributed by atoms with Crippen LogP contribution in [0.5, 0.6) is 5.75 Å². The Hall–Kier alpha value is -1.77. The molecule has 0 heterocycles. The van der Waals surface area contributed by atoms with E-state index in [-0.39, 0.29) is 0 Å². The zero-order chi connectivity index (χ0) is 14.6. The van der Waals surface area contributed by atoms with Gasteiger partial charge in [0.15, 0.2) is 0 Å². The molecule has 2 N–H and O–H groups in total. The summed E-state index contributed by atoms with van der Waals surface area (Å²) in [5.74, 6) is 0.285. The van der Waals surface area contributed by atoms with E-state index >= 15 is 0 Å². The van der Waals surface area contributed by atoms with Gasteiger partial charge in [-0.25, -0.2) is 0 Å². The molecule has 3 heteroatoms. The number of hydrogen-bond donors (Lipinski definition) is 1. The highest BCUT2D eigenvalue weighted by molar-refractivity contribution is 5.93. The molecule has 0 saturated carbocycles. The van der Waals surface area contributed by atoms with E-state index in [4.69, 9.17) is 10.5 Å². The number of unbranched alkanes of at least 4 members (excludes halogenated alkanes) is 4. The lowest BCUT2D eigenvalue weighted by Gasteiger charge is -2.06. The van der Waals surface area contributed by atoms with Crippen LogP contribution in [-0.2, 0) is 0 Å². The normalized spacial score (nSPS) is 10.8. The molecular formula is C17H25NO2. The third-order valence-corrected chi connectivity index (χ3v) is 3.04. The minimum absolute atomic E-state index is 0.423. The zero-order valence-electron chi connectivity index (χ0n) is 12.3. The Labute approximate surface area is 121 Å². The first-order chi connectivity index (χ1) is 9.74. The largest absolute Gasteiger partial charge is 0.494 e. The summed E-state index contributed by atoms with van der Waals surface area (Å²) in [6.45, 7) is 2.88. The molecule has 0 aromatic heterocycles. The number of primary amides is 1. The molecule has 110 valence electrons. The van der Waals surface area contributed by atoms with E-state index in [1.165, 1.54) is 19.3 Å². The van der Waals surface area contributed by atoms with Gasteiger partial charge in [0, 0.05) is 5.56 Å². The zero-order valence-corrected chi connectivity index (χ0v) is 12.3. The monoisotopic (exact) mass is 275 g/mol. The number of benzene rings is 1. The molecule has 0 spiro atoms. The number of carbonyl (C=O) groups excluding carboxylic acids is 1. The lowest BCUT2D eigenvalue weighted by molar-refractivity contribution is 0.1000. The second-order valence-electron chi connectivity index (χ2n) is 4.85. The second-order valence-corrected chi connectivity index (χ2v) is 4.85. The topological polar surface area (TPSA) is 52.3 Å². The molecule has 1 amide bonds. The number of carbonyl (C=O) groups is 1. The van der Waals surface area contributed by atoms with Gasteiger partial charge in [-0.05, 0) is 43.9 Å². The molecule has 3 nitrogen and oxygen atoms in total. The Morgan fingerprint density at radius 1 is 1.20 bits per heavy atom. The Kier molecular flexibility index (Phi) is 8.20. The van der Waals surface area contributed by atoms with Crippen molar-refractivity contribution in [3.05, 3.63) is 42.0 Å². The van der Waals surface area contributed by atoms with Gasteiger partial charge in [0.2, 0.25) is 5.91 Å². The minimum atomic E-state index is -0.423. The van der Waals surface area contributed by atoms with Gasteiger partial charge in [0.25, 0.3) is 0 Å². The van der Waals surface area contributed by atoms with Crippen LogP contribution in [0.1, 0.15) is 55.8 Å². The highest BCUT2D eigenvalue weighted by Gasteiger charge is 2.01. The molecule has 0 fully saturated rings. The summed E-state index contributed by atoms with van der Waals surface area (Å²) in [5.41, 5.74) is 5.71. The summed E-state index contributed by atoms with van der Waals surface area (Å²) >= 11 is 0. The van der Waals surface area contributed by atoms with Gasteiger partial charge in [-0.15, -0.1) is 0 Å². The first-order valence-electron chi connectivity index (χ1n) is 7.41. The highest BCUT2D eigenvalue weighted by Crippen LogP contribution is 2.13. The van der Waals surface area contributed by atoms with Gasteiger partial charge in [-0.3, -0.25) is 4.79 Å². The maximum atomic E-state index is 11.0. The maximum absolute atomic E-state index is 11.0. The summed E-state index contributed by atoms with van der Waals surface area (Å²) in [6, 6.07) is 7.01. The van der Waals surface area contributed by atoms with Crippen LogP contribution in [0, 0.1) is 0 Å². The van der Waals surface area contributed by atoms with Crippen molar-refractivity contribution >= 4 is 5.91 Å². The molecule has 0 aliphatic heterocycles. The molecular weight excluding hydrogens is 250 g/mol. The average Bonchev–Trinajstić information content (AvgIpc) is 2.46. The van der Waals surface area contributed by atoms with Crippen LogP contribution in [-0.4, -0.2) is 12.5 Å². The van der Waals surface area contributed by atoms with E-state index in [0.717, 1.165) is 19.3 Å². The molecule has 0 atom stereocenters. The summed E-state index contributed by atoms with van der Waals surface area (Å²) in [6.07, 6.45) is 11.5. The second kappa shape index (κ2) is 10.1. The number of allylic oxidation sites excluding steroid dienone is 2. The summed E-state index contributed by atoms with van der Waals surface area (Å²) in [4.78, 5) is 11.0. The van der Waals surface area contributed by atoms with Gasteiger partial charge in [-0.2, -0.15) is 0 Å². The predicted molar refractivity (Wildman–Crippen MR) is 83.0 cm³/mol. The molecule has 1 rings (SSSR count). The molecule has 0 saturated heterocycles. The van der Waals surface area contributed by atoms with E-state index in [1.807, 2.05) is 6.07 Å². The van der Waals surface area contributed by atoms with Crippen LogP contribution in [0.25, 0.3) is 0 Å². The Bertz CT molecular complexity index is 427. The van der Waals surface area contributed by atoms with Crippen molar-refractivity contribution in [2.45, 2.75) is 45.4 Å². The molecule has 1 aromatic carbocycles. The predicted octanol–water partition coefficient (Wildman–Crippen LogP) is 4.08. The molecule has 0 unspecified atom stereocenters.